The number of aryl methyl sites for hydroxylation is 1. The largest absolute Gasteiger partial charge is 0.468 e. The summed E-state index contributed by atoms with van der Waals surface area (Å²) in [5, 5.41) is 13.5. The lowest BCUT2D eigenvalue weighted by Gasteiger charge is -2.31. The Morgan fingerprint density at radius 3 is 2.67 bits per heavy atom. The van der Waals surface area contributed by atoms with Crippen LogP contribution in [0.3, 0.4) is 0 Å². The number of hydrogen-bond donors (Lipinski definition) is 2. The van der Waals surface area contributed by atoms with Crippen LogP contribution in [0.1, 0.15) is 19.0 Å². The molecule has 218 valence electrons. The maximum Gasteiger partial charge on any atom is 0.459 e. The van der Waals surface area contributed by atoms with Crippen molar-refractivity contribution in [1.82, 2.24) is 24.6 Å². The molecular weight excluding hydrogens is 570 g/mol. The number of benzene rings is 1. The predicted octanol–water partition coefficient (Wildman–Crippen LogP) is 2.76. The van der Waals surface area contributed by atoms with E-state index in [1.54, 1.807) is 44.1 Å². The van der Waals surface area contributed by atoms with Crippen molar-refractivity contribution in [2.24, 2.45) is 0 Å². The highest BCUT2D eigenvalue weighted by Crippen LogP contribution is 2.49. The van der Waals surface area contributed by atoms with Crippen molar-refractivity contribution in [2.75, 3.05) is 38.6 Å². The van der Waals surface area contributed by atoms with Gasteiger partial charge in [-0.05, 0) is 26.0 Å². The second-order valence-electron chi connectivity index (χ2n) is 9.46. The van der Waals surface area contributed by atoms with E-state index in [2.05, 4.69) is 24.8 Å². The number of carbonyl (C=O) groups is 1. The third kappa shape index (κ3) is 5.92. The van der Waals surface area contributed by atoms with Crippen molar-refractivity contribution >= 4 is 42.3 Å². The Balaban J connectivity index is 1.63. The Morgan fingerprint density at radius 1 is 1.35 bits per heavy atom. The summed E-state index contributed by atoms with van der Waals surface area (Å²) in [5.74, 6) is -0.0568. The van der Waals surface area contributed by atoms with Crippen LogP contribution in [0.4, 0.5) is 10.2 Å². The van der Waals surface area contributed by atoms with Gasteiger partial charge in [-0.3, -0.25) is 13.9 Å². The Labute approximate surface area is 235 Å². The minimum Gasteiger partial charge on any atom is -0.468 e. The first-order chi connectivity index (χ1) is 18.9. The van der Waals surface area contributed by atoms with Gasteiger partial charge in [0.1, 0.15) is 29.3 Å². The second kappa shape index (κ2) is 11.9. The summed E-state index contributed by atoms with van der Waals surface area (Å²) in [6, 6.07) is 6.98. The number of methoxy groups -OCH3 is 1. The Kier molecular flexibility index (Phi) is 8.98. The van der Waals surface area contributed by atoms with Crippen molar-refractivity contribution in [3.63, 3.8) is 0 Å². The number of ether oxygens (including phenoxy) is 2. The summed E-state index contributed by atoms with van der Waals surface area (Å²) in [5.41, 5.74) is -1.17. The van der Waals surface area contributed by atoms with Crippen LogP contribution in [-0.2, 0) is 23.4 Å². The molecule has 2 N–H and O–H groups in total. The summed E-state index contributed by atoms with van der Waals surface area (Å²) in [4.78, 5) is 26.9. The van der Waals surface area contributed by atoms with Crippen LogP contribution in [-0.4, -0.2) is 88.2 Å². The number of nitrogens with zero attached hydrogens (tertiary/aromatic N) is 5. The fraction of sp³-hybridized carbons (Fsp3) is 0.500. The molecule has 0 bridgehead atoms. The number of hydrogen-bond acceptors (Lipinski definition) is 11. The molecule has 4 rings (SSSR count). The molecule has 1 aliphatic heterocycles. The molecule has 0 amide bonds. The normalized spacial score (nSPS) is 24.9. The standard InChI is InChI=1S/C24H31ClFN6O7P/c1-14(23(34)36-5)30-40(35,39-16-9-7-6-8-10-16)37-12-24(11-25)19(33)17(26)22(38-24)32-13-27-18-20(31(3)4)28-15(2)29-21(18)32/h6-10,13-14,17,19,22,33H,11-12H2,1-5H3,(H,30,35)/t14-,17-,19+,22-,24-,40-/m1/s1. The van der Waals surface area contributed by atoms with Crippen molar-refractivity contribution in [1.29, 1.82) is 0 Å². The van der Waals surface area contributed by atoms with Crippen LogP contribution in [0.5, 0.6) is 5.75 Å². The van der Waals surface area contributed by atoms with E-state index < -0.39 is 56.3 Å². The first kappa shape index (κ1) is 30.1. The fourth-order valence-electron chi connectivity index (χ4n) is 4.18. The van der Waals surface area contributed by atoms with Crippen LogP contribution < -0.4 is 14.5 Å². The van der Waals surface area contributed by atoms with E-state index in [4.69, 9.17) is 25.4 Å². The van der Waals surface area contributed by atoms with E-state index in [1.165, 1.54) is 37.1 Å². The van der Waals surface area contributed by atoms with Crippen molar-refractivity contribution < 1.29 is 37.4 Å². The lowest BCUT2D eigenvalue weighted by Crippen LogP contribution is -2.48. The zero-order valence-electron chi connectivity index (χ0n) is 22.5. The number of carbonyl (C=O) groups excluding carboxylic acids is 1. The van der Waals surface area contributed by atoms with Gasteiger partial charge >= 0.3 is 13.7 Å². The van der Waals surface area contributed by atoms with Gasteiger partial charge in [-0.2, -0.15) is 5.09 Å². The quantitative estimate of drug-likeness (QED) is 0.189. The number of rotatable bonds is 11. The molecule has 16 heteroatoms. The minimum atomic E-state index is -4.33. The van der Waals surface area contributed by atoms with Gasteiger partial charge in [-0.1, -0.05) is 18.2 Å². The maximum atomic E-state index is 15.7. The molecule has 1 aromatic carbocycles. The molecule has 0 radical (unpaired) electrons. The number of esters is 1. The van der Waals surface area contributed by atoms with Gasteiger partial charge in [0.25, 0.3) is 0 Å². The summed E-state index contributed by atoms with van der Waals surface area (Å²) in [7, 11) is 0.414. The van der Waals surface area contributed by atoms with Crippen LogP contribution in [0.2, 0.25) is 0 Å². The van der Waals surface area contributed by atoms with E-state index >= 15 is 4.39 Å². The first-order valence-electron chi connectivity index (χ1n) is 12.2. The van der Waals surface area contributed by atoms with Gasteiger partial charge in [0.2, 0.25) is 0 Å². The summed E-state index contributed by atoms with van der Waals surface area (Å²) < 4.78 is 52.7. The molecule has 3 aromatic rings. The minimum absolute atomic E-state index is 0.168. The van der Waals surface area contributed by atoms with Crippen molar-refractivity contribution in [3.8, 4) is 5.75 Å². The number of halogens is 2. The average Bonchev–Trinajstić information content (AvgIpc) is 3.45. The number of anilines is 1. The third-order valence-corrected chi connectivity index (χ3v) is 8.34. The van der Waals surface area contributed by atoms with E-state index in [0.29, 0.717) is 17.2 Å². The van der Waals surface area contributed by atoms with Gasteiger partial charge in [-0.15, -0.1) is 11.6 Å². The topological polar surface area (TPSA) is 150 Å². The van der Waals surface area contributed by atoms with Gasteiger partial charge in [0.05, 0.1) is 25.9 Å². The molecule has 0 aliphatic carbocycles. The van der Waals surface area contributed by atoms with E-state index in [0.717, 1.165) is 0 Å². The summed E-state index contributed by atoms with van der Waals surface area (Å²) in [6.07, 6.45) is -3.85. The second-order valence-corrected chi connectivity index (χ2v) is 11.4. The molecule has 6 atom stereocenters. The molecule has 3 heterocycles. The van der Waals surface area contributed by atoms with E-state index in [-0.39, 0.29) is 11.4 Å². The third-order valence-electron chi connectivity index (χ3n) is 6.26. The SMILES string of the molecule is COC(=O)[C@@H](C)N[P@@](=O)(OC[C@@]1(CCl)O[C@@H](n2cnc3c(N(C)C)nc(C)nc32)[C@H](F)[C@@H]1O)Oc1ccccc1. The van der Waals surface area contributed by atoms with Crippen LogP contribution in [0, 0.1) is 6.92 Å². The number of alkyl halides is 2. The molecule has 0 saturated carbocycles. The maximum absolute atomic E-state index is 15.7. The number of nitrogens with one attached hydrogen (secondary N) is 1. The Hall–Kier alpha value is -2.87. The van der Waals surface area contributed by atoms with E-state index in [1.807, 2.05) is 0 Å². The number of aliphatic hydroxyl groups excluding tert-OH is 1. The number of aliphatic hydroxyl groups is 1. The predicted molar refractivity (Wildman–Crippen MR) is 144 cm³/mol. The molecule has 1 fully saturated rings. The molecule has 2 aromatic heterocycles. The van der Waals surface area contributed by atoms with Gasteiger partial charge < -0.3 is 24.0 Å². The number of imidazole rings is 1. The monoisotopic (exact) mass is 600 g/mol. The summed E-state index contributed by atoms with van der Waals surface area (Å²) >= 11 is 6.22. The van der Waals surface area contributed by atoms with Gasteiger partial charge in [0, 0.05) is 14.1 Å². The zero-order valence-corrected chi connectivity index (χ0v) is 24.2. The molecule has 1 aliphatic rings. The number of para-hydroxylation sites is 1. The van der Waals surface area contributed by atoms with E-state index in [9.17, 15) is 14.5 Å². The average molecular weight is 601 g/mol. The Bertz CT molecular complexity index is 1400. The van der Waals surface area contributed by atoms with Gasteiger partial charge in [-0.25, -0.2) is 23.9 Å². The number of aromatic nitrogens is 4. The first-order valence-corrected chi connectivity index (χ1v) is 14.3. The zero-order chi connectivity index (χ0) is 29.2. The molecular formula is C24H31ClFN6O7P. The van der Waals surface area contributed by atoms with Crippen molar-refractivity contribution in [2.45, 2.75) is 44.0 Å². The highest BCUT2D eigenvalue weighted by Gasteiger charge is 2.57. The molecule has 1 saturated heterocycles. The fourth-order valence-corrected chi connectivity index (χ4v) is 6.02. The number of fused-ring (bicyclic) bond motifs is 1. The van der Waals surface area contributed by atoms with Crippen LogP contribution in [0.15, 0.2) is 36.7 Å². The van der Waals surface area contributed by atoms with Crippen LogP contribution in [0.25, 0.3) is 11.2 Å². The smallest absolute Gasteiger partial charge is 0.459 e. The van der Waals surface area contributed by atoms with Crippen LogP contribution >= 0.6 is 19.3 Å². The molecule has 13 nitrogen and oxygen atoms in total. The highest BCUT2D eigenvalue weighted by molar-refractivity contribution is 7.52. The molecule has 0 spiro atoms. The highest BCUT2D eigenvalue weighted by atomic mass is 35.5. The lowest BCUT2D eigenvalue weighted by atomic mass is 9.99. The molecule has 40 heavy (non-hydrogen) atoms. The van der Waals surface area contributed by atoms with Gasteiger partial charge in [0.15, 0.2) is 29.4 Å². The molecule has 0 unspecified atom stereocenters. The van der Waals surface area contributed by atoms with Crippen molar-refractivity contribution in [3.05, 3.63) is 42.5 Å². The summed E-state index contributed by atoms with van der Waals surface area (Å²) in [6.45, 7) is 2.42. The Morgan fingerprint density at radius 2 is 2.05 bits per heavy atom. The lowest BCUT2D eigenvalue weighted by molar-refractivity contribution is -0.142.